The number of hydrogen-bond acceptors (Lipinski definition) is 4. The second-order valence-corrected chi connectivity index (χ2v) is 5.45. The van der Waals surface area contributed by atoms with Crippen molar-refractivity contribution < 1.29 is 14.7 Å². The molecule has 7 nitrogen and oxygen atoms in total. The molecule has 0 spiro atoms. The molecule has 3 N–H and O–H groups in total. The van der Waals surface area contributed by atoms with E-state index >= 15 is 0 Å². The van der Waals surface area contributed by atoms with E-state index in [1.54, 1.807) is 4.90 Å². The van der Waals surface area contributed by atoms with Crippen molar-refractivity contribution in [3.63, 3.8) is 0 Å². The Morgan fingerprint density at radius 3 is 2.83 bits per heavy atom. The number of nitrogens with zero attached hydrogens (tertiary/aromatic N) is 2. The first-order chi connectivity index (χ1) is 11.2. The topological polar surface area (TPSA) is 98.3 Å². The summed E-state index contributed by atoms with van der Waals surface area (Å²) in [5.41, 5.74) is 2.59. The van der Waals surface area contributed by atoms with E-state index in [-0.39, 0.29) is 11.6 Å². The summed E-state index contributed by atoms with van der Waals surface area (Å²) in [6.07, 6.45) is 3.52. The van der Waals surface area contributed by atoms with Gasteiger partial charge < -0.3 is 20.3 Å². The molecule has 0 fully saturated rings. The van der Waals surface area contributed by atoms with Crippen molar-refractivity contribution in [2.24, 2.45) is 0 Å². The van der Waals surface area contributed by atoms with Gasteiger partial charge in [0.2, 0.25) is 5.91 Å². The molecule has 0 radical (unpaired) electrons. The van der Waals surface area contributed by atoms with Gasteiger partial charge in [-0.2, -0.15) is 0 Å². The summed E-state index contributed by atoms with van der Waals surface area (Å²) < 4.78 is 0. The Morgan fingerprint density at radius 1 is 1.35 bits per heavy atom. The minimum absolute atomic E-state index is 0.250. The number of H-pyrrole nitrogens is 1. The highest BCUT2D eigenvalue weighted by atomic mass is 16.3. The molecule has 2 amide bonds. The van der Waals surface area contributed by atoms with E-state index in [1.807, 2.05) is 18.2 Å². The van der Waals surface area contributed by atoms with Crippen molar-refractivity contribution in [1.82, 2.24) is 20.2 Å². The average molecular weight is 314 g/mol. The number of aromatic nitrogens is 2. The highest BCUT2D eigenvalue weighted by molar-refractivity contribution is 5.96. The molecule has 1 unspecified atom stereocenters. The van der Waals surface area contributed by atoms with Crippen LogP contribution in [-0.4, -0.2) is 51.0 Å². The molecular weight excluding hydrogens is 296 g/mol. The standard InChI is InChI=1S/C16H18N4O3/c21-9-14(19-15(22)13-7-17-10-18-13)16(23)20-6-5-11-3-1-2-4-12(11)8-20/h1-4,7,10,14,21H,5-6,8-9H2,(H,17,18)(H,19,22). The number of fused-ring (bicyclic) bond motifs is 1. The predicted molar refractivity (Wildman–Crippen MR) is 82.5 cm³/mol. The van der Waals surface area contributed by atoms with Gasteiger partial charge in [0.1, 0.15) is 11.7 Å². The number of amides is 2. The molecular formula is C16H18N4O3. The number of aliphatic hydroxyl groups is 1. The fourth-order valence-corrected chi connectivity index (χ4v) is 2.71. The molecule has 1 atom stereocenters. The molecule has 1 aliphatic rings. The van der Waals surface area contributed by atoms with E-state index in [2.05, 4.69) is 21.4 Å². The molecule has 1 aliphatic heterocycles. The molecule has 0 saturated carbocycles. The molecule has 3 rings (SSSR count). The third kappa shape index (κ3) is 3.24. The molecule has 0 bridgehead atoms. The normalized spacial score (nSPS) is 14.9. The Hall–Kier alpha value is -2.67. The molecule has 120 valence electrons. The zero-order valence-corrected chi connectivity index (χ0v) is 12.5. The van der Waals surface area contributed by atoms with Crippen LogP contribution in [0.3, 0.4) is 0 Å². The number of imidazole rings is 1. The number of rotatable bonds is 4. The first-order valence-corrected chi connectivity index (χ1v) is 7.44. The fraction of sp³-hybridized carbons (Fsp3) is 0.312. The van der Waals surface area contributed by atoms with Crippen LogP contribution in [-0.2, 0) is 17.8 Å². The van der Waals surface area contributed by atoms with Crippen molar-refractivity contribution in [3.05, 3.63) is 53.6 Å². The highest BCUT2D eigenvalue weighted by Gasteiger charge is 2.28. The molecule has 1 aromatic heterocycles. The summed E-state index contributed by atoms with van der Waals surface area (Å²) >= 11 is 0. The largest absolute Gasteiger partial charge is 0.394 e. The first kappa shape index (κ1) is 15.2. The minimum atomic E-state index is -0.962. The Balaban J connectivity index is 1.67. The monoisotopic (exact) mass is 314 g/mol. The minimum Gasteiger partial charge on any atom is -0.394 e. The predicted octanol–water partition coefficient (Wildman–Crippen LogP) is 0.0853. The van der Waals surface area contributed by atoms with Crippen molar-refractivity contribution in [1.29, 1.82) is 0 Å². The summed E-state index contributed by atoms with van der Waals surface area (Å²) in [6, 6.07) is 7.01. The van der Waals surface area contributed by atoms with Gasteiger partial charge in [-0.1, -0.05) is 24.3 Å². The number of nitrogens with one attached hydrogen (secondary N) is 2. The van der Waals surface area contributed by atoms with E-state index in [0.29, 0.717) is 13.1 Å². The molecule has 2 aromatic rings. The summed E-state index contributed by atoms with van der Waals surface area (Å²) in [4.78, 5) is 32.7. The van der Waals surface area contributed by atoms with Gasteiger partial charge in [0, 0.05) is 13.1 Å². The van der Waals surface area contributed by atoms with Crippen LogP contribution in [0, 0.1) is 0 Å². The van der Waals surface area contributed by atoms with Crippen LogP contribution in [0.2, 0.25) is 0 Å². The first-order valence-electron chi connectivity index (χ1n) is 7.44. The Morgan fingerprint density at radius 2 is 2.13 bits per heavy atom. The zero-order valence-electron chi connectivity index (χ0n) is 12.5. The van der Waals surface area contributed by atoms with Gasteiger partial charge in [0.15, 0.2) is 0 Å². The molecule has 0 saturated heterocycles. The molecule has 1 aromatic carbocycles. The van der Waals surface area contributed by atoms with Gasteiger partial charge in [0.05, 0.1) is 19.1 Å². The molecule has 7 heteroatoms. The quantitative estimate of drug-likeness (QED) is 0.744. The second kappa shape index (κ2) is 6.62. The number of aromatic amines is 1. The summed E-state index contributed by atoms with van der Waals surface area (Å²) in [6.45, 7) is 0.620. The summed E-state index contributed by atoms with van der Waals surface area (Å²) in [5.74, 6) is -0.748. The maximum absolute atomic E-state index is 12.6. The van der Waals surface area contributed by atoms with Crippen LogP contribution in [0.5, 0.6) is 0 Å². The Kier molecular flexibility index (Phi) is 4.38. The van der Waals surface area contributed by atoms with Crippen LogP contribution in [0.4, 0.5) is 0 Å². The van der Waals surface area contributed by atoms with Gasteiger partial charge in [-0.25, -0.2) is 4.98 Å². The lowest BCUT2D eigenvalue weighted by atomic mass is 9.99. The van der Waals surface area contributed by atoms with Crippen LogP contribution in [0.15, 0.2) is 36.8 Å². The number of carbonyl (C=O) groups is 2. The van der Waals surface area contributed by atoms with E-state index < -0.39 is 18.6 Å². The van der Waals surface area contributed by atoms with E-state index in [9.17, 15) is 14.7 Å². The van der Waals surface area contributed by atoms with E-state index in [0.717, 1.165) is 12.0 Å². The van der Waals surface area contributed by atoms with Crippen molar-refractivity contribution in [2.75, 3.05) is 13.2 Å². The van der Waals surface area contributed by atoms with Crippen molar-refractivity contribution in [3.8, 4) is 0 Å². The van der Waals surface area contributed by atoms with Crippen LogP contribution in [0.1, 0.15) is 21.6 Å². The summed E-state index contributed by atoms with van der Waals surface area (Å²) in [5, 5.41) is 12.0. The number of carbonyl (C=O) groups excluding carboxylic acids is 2. The smallest absolute Gasteiger partial charge is 0.270 e. The van der Waals surface area contributed by atoms with Gasteiger partial charge in [-0.3, -0.25) is 9.59 Å². The Labute approximate surface area is 133 Å². The fourth-order valence-electron chi connectivity index (χ4n) is 2.71. The molecule has 2 heterocycles. The molecule has 23 heavy (non-hydrogen) atoms. The summed E-state index contributed by atoms with van der Waals surface area (Å²) in [7, 11) is 0. The number of benzene rings is 1. The van der Waals surface area contributed by atoms with Crippen molar-refractivity contribution in [2.45, 2.75) is 19.0 Å². The van der Waals surface area contributed by atoms with Crippen LogP contribution in [0.25, 0.3) is 0 Å². The van der Waals surface area contributed by atoms with Gasteiger partial charge in [-0.05, 0) is 17.5 Å². The third-order valence-corrected chi connectivity index (χ3v) is 3.97. The lowest BCUT2D eigenvalue weighted by Crippen LogP contribution is -2.51. The van der Waals surface area contributed by atoms with Crippen LogP contribution >= 0.6 is 0 Å². The van der Waals surface area contributed by atoms with E-state index in [1.165, 1.54) is 18.1 Å². The van der Waals surface area contributed by atoms with Gasteiger partial charge in [-0.15, -0.1) is 0 Å². The van der Waals surface area contributed by atoms with Gasteiger partial charge in [0.25, 0.3) is 5.91 Å². The third-order valence-electron chi connectivity index (χ3n) is 3.97. The maximum atomic E-state index is 12.6. The highest BCUT2D eigenvalue weighted by Crippen LogP contribution is 2.19. The van der Waals surface area contributed by atoms with Crippen molar-refractivity contribution >= 4 is 11.8 Å². The maximum Gasteiger partial charge on any atom is 0.270 e. The second-order valence-electron chi connectivity index (χ2n) is 5.45. The molecule has 0 aliphatic carbocycles. The zero-order chi connectivity index (χ0) is 16.2. The van der Waals surface area contributed by atoms with Gasteiger partial charge >= 0.3 is 0 Å². The number of aliphatic hydroxyl groups excluding tert-OH is 1. The lowest BCUT2D eigenvalue weighted by Gasteiger charge is -2.31. The average Bonchev–Trinajstić information content (AvgIpc) is 3.13. The number of hydrogen-bond donors (Lipinski definition) is 3. The lowest BCUT2D eigenvalue weighted by molar-refractivity contribution is -0.135. The Bertz CT molecular complexity index is 699. The van der Waals surface area contributed by atoms with E-state index in [4.69, 9.17) is 0 Å². The van der Waals surface area contributed by atoms with Crippen LogP contribution < -0.4 is 5.32 Å². The SMILES string of the molecule is O=C(NC(CO)C(=O)N1CCc2ccccc2C1)c1cnc[nH]1.